The number of nitrogens with one attached hydrogen (secondary N) is 8. The fourth-order valence-electron chi connectivity index (χ4n) is 21.8. The number of para-hydroxylation sites is 1. The normalized spacial score (nSPS) is 23.7. The molecular weight excluding hydrogens is 1760 g/mol. The molecule has 19 nitrogen and oxygen atoms in total. The molecular formula is C106H151ClF6N14O5S2. The SMILES string of the molecule is CC(=O)c1cc(NC(=O)N[C@@H]2CCCC[C@H]2CN2CCC[C@@H](Cc3ccc(F)cc3)C2)ccc1F.Cc1ccc(F)cc1NC(=O)N[C@@H]1CCCC[C@H]1CN1CCC[C@@H](Cc2ccc(F)cc2)C1.Cc1csc(NC(=O)N[C@@H]2CCCC[C@H]2CN2CCC[C@@H](Cc3ccc(F)cc3)C2)n1.O=C(Nc1nc2c(Cl)cccc2s1)N[C@@H]1CCCC[C@H]1CN1CCC[C@@H](Cc2ccc(F)cc2)C1.[HH].[HH].[HH].[HH].[HH].[HH].[HH].[HH]. The minimum Gasteiger partial charge on any atom is -0.335 e. The van der Waals surface area contributed by atoms with Crippen LogP contribution in [0.4, 0.5) is 67.2 Å². The number of carbonyl (C=O) groups excluding carboxylic acids is 5. The number of piperidine rings is 4. The van der Waals surface area contributed by atoms with Crippen molar-refractivity contribution < 1.29 is 61.7 Å². The van der Waals surface area contributed by atoms with Gasteiger partial charge in [0.25, 0.3) is 0 Å². The summed E-state index contributed by atoms with van der Waals surface area (Å²) in [6.07, 6.45) is 31.3. The number of urea groups is 4. The number of rotatable bonds is 25. The van der Waals surface area contributed by atoms with E-state index in [0.29, 0.717) is 74.0 Å². The Kier molecular flexibility index (Phi) is 37.9. The summed E-state index contributed by atoms with van der Waals surface area (Å²) >= 11 is 9.13. The second kappa shape index (κ2) is 50.6. The molecule has 9 aromatic rings. The predicted molar refractivity (Wildman–Crippen MR) is 545 cm³/mol. The van der Waals surface area contributed by atoms with Crippen LogP contribution in [-0.2, 0) is 25.7 Å². The van der Waals surface area contributed by atoms with Crippen molar-refractivity contribution >= 4 is 96.0 Å². The number of thiazole rings is 2. The molecule has 8 amide bonds. The summed E-state index contributed by atoms with van der Waals surface area (Å²) in [7, 11) is 0. The Labute approximate surface area is 812 Å². The quantitative estimate of drug-likeness (QED) is 0.0199. The molecule has 0 radical (unpaired) electrons. The largest absolute Gasteiger partial charge is 0.335 e. The van der Waals surface area contributed by atoms with Gasteiger partial charge in [0.1, 0.15) is 40.4 Å². The summed E-state index contributed by atoms with van der Waals surface area (Å²) in [5.41, 5.74) is 8.20. The monoisotopic (exact) mass is 1910 g/mol. The molecule has 134 heavy (non-hydrogen) atoms. The fraction of sp³-hybridized carbons (Fsp3) is 0.519. The van der Waals surface area contributed by atoms with Gasteiger partial charge in [-0.05, 0) is 342 Å². The second-order valence-electron chi connectivity index (χ2n) is 39.0. The van der Waals surface area contributed by atoms with Gasteiger partial charge in [-0.15, -0.1) is 11.3 Å². The van der Waals surface area contributed by atoms with Gasteiger partial charge in [0.05, 0.1) is 21.0 Å². The van der Waals surface area contributed by atoms with Crippen molar-refractivity contribution in [1.29, 1.82) is 0 Å². The molecule has 7 aromatic carbocycles. The number of ketones is 1. The van der Waals surface area contributed by atoms with Gasteiger partial charge in [-0.3, -0.25) is 15.4 Å². The van der Waals surface area contributed by atoms with Crippen molar-refractivity contribution in [1.82, 2.24) is 50.8 Å². The molecule has 2 aromatic heterocycles. The number of halogens is 7. The first kappa shape index (κ1) is 100. The zero-order valence-electron chi connectivity index (χ0n) is 77.9. The van der Waals surface area contributed by atoms with Crippen LogP contribution in [0.5, 0.6) is 0 Å². The summed E-state index contributed by atoms with van der Waals surface area (Å²) in [5, 5.41) is 28.0. The first-order chi connectivity index (χ1) is 64.9. The molecule has 6 heterocycles. The highest BCUT2D eigenvalue weighted by molar-refractivity contribution is 7.22. The van der Waals surface area contributed by atoms with Crippen LogP contribution in [-0.4, -0.2) is 162 Å². The Balaban J connectivity index is 0.000000285. The Hall–Kier alpha value is -9.48. The smallest absolute Gasteiger partial charge is 0.321 e. The molecule has 8 fully saturated rings. The molecule has 0 bridgehead atoms. The van der Waals surface area contributed by atoms with E-state index in [0.717, 1.165) is 203 Å². The van der Waals surface area contributed by atoms with Gasteiger partial charge >= 0.3 is 24.1 Å². The van der Waals surface area contributed by atoms with E-state index < -0.39 is 5.82 Å². The average Bonchev–Trinajstić information content (AvgIpc) is 1.73. The minimum absolute atomic E-state index is 0. The van der Waals surface area contributed by atoms with Gasteiger partial charge in [-0.1, -0.05) is 135 Å². The number of carbonyl (C=O) groups is 5. The molecule has 0 spiro atoms. The van der Waals surface area contributed by atoms with Crippen molar-refractivity contribution in [3.63, 3.8) is 0 Å². The molecule has 4 saturated carbocycles. The maximum Gasteiger partial charge on any atom is 0.321 e. The zero-order chi connectivity index (χ0) is 93.8. The summed E-state index contributed by atoms with van der Waals surface area (Å²) in [6, 6.07) is 41.4. The number of aryl methyl sites for hydroxylation is 2. The summed E-state index contributed by atoms with van der Waals surface area (Å²) < 4.78 is 81.2. The Morgan fingerprint density at radius 1 is 0.396 bits per heavy atom. The predicted octanol–water partition coefficient (Wildman–Crippen LogP) is 25.6. The number of likely N-dealkylation sites (tertiary alicyclic amines) is 4. The second-order valence-corrected chi connectivity index (χ2v) is 41.3. The van der Waals surface area contributed by atoms with E-state index in [-0.39, 0.29) is 100 Å². The van der Waals surface area contributed by atoms with Crippen LogP contribution in [0.25, 0.3) is 10.2 Å². The molecule has 8 aliphatic rings. The van der Waals surface area contributed by atoms with Gasteiger partial charge < -0.3 is 51.5 Å². The number of hydrogen-bond donors (Lipinski definition) is 8. The van der Waals surface area contributed by atoms with E-state index in [1.807, 2.05) is 86.0 Å². The Morgan fingerprint density at radius 2 is 0.754 bits per heavy atom. The minimum atomic E-state index is -0.588. The number of amides is 8. The Bertz CT molecular complexity index is 5300. The lowest BCUT2D eigenvalue weighted by molar-refractivity contribution is 0.101. The topological polar surface area (TPSA) is 220 Å². The highest BCUT2D eigenvalue weighted by Gasteiger charge is 2.37. The molecule has 17 rings (SSSR count). The van der Waals surface area contributed by atoms with Crippen LogP contribution in [0, 0.1) is 96.1 Å². The standard InChI is InChI=1S/C28H35F2N3O2.C27H32ClFN4OS.C27H35F2N3O.C24H33FN4OS.8H2/c1-19(34)25-16-24(12-13-26(25)30)31-28(35)32-27-7-3-2-6-22(27)18-33-14-4-5-21(17-33)15-20-8-10-23(29)11-9-20;28-22-7-3-9-24-25(22)31-27(35-24)32-26(34)30-23-8-2-1-6-20(23)17-33-14-4-5-19(16-33)15-18-10-12-21(29)13-11-18;1-19-8-11-24(29)16-26(19)31-27(33)30-25-7-3-2-6-22(25)18-32-14-4-5-21(17-32)15-20-9-12-23(28)13-10-20;1-17-16-31-24(26-17)28-23(30)27-22-7-3-2-6-20(22)15-29-12-4-5-19(14-29)13-18-8-10-21(25)11-9-18;;;;;;;;/h8-13,16,21-22,27H,2-7,14-15,17-18H2,1H3,(H2,31,32,35);3,7,9-13,19-20,23H,1-2,4-6,8,14-17H2,(H2,30,31,32,34);8-13,16,21-22,25H,2-7,14-15,17-18H2,1H3,(H2,30,31,33);8-11,16,19-20,22H,2-7,12-15H2,1H3,(H2,26,27,28,30);8*1H/t21-,22-,27+;19-,20-,23+;21-,22-,25+;19-,20-,22+;;;;;;;;/m0000......../s1. The number of hydrogen-bond acceptors (Lipinski definition) is 13. The highest BCUT2D eigenvalue weighted by atomic mass is 35.5. The lowest BCUT2D eigenvalue weighted by atomic mass is 9.83. The fourth-order valence-corrected chi connectivity index (χ4v) is 23.6. The van der Waals surface area contributed by atoms with Gasteiger partial charge in [-0.25, -0.2) is 55.5 Å². The summed E-state index contributed by atoms with van der Waals surface area (Å²) in [5.74, 6) is 2.04. The molecule has 28 heteroatoms. The maximum atomic E-state index is 13.8. The van der Waals surface area contributed by atoms with Crippen molar-refractivity contribution in [3.8, 4) is 0 Å². The molecule has 4 saturated heterocycles. The Morgan fingerprint density at radius 3 is 1.12 bits per heavy atom. The van der Waals surface area contributed by atoms with Gasteiger partial charge in [0.2, 0.25) is 0 Å². The number of Topliss-reactive ketones (excluding diaryl/α,β-unsaturated/α-hetero) is 1. The van der Waals surface area contributed by atoms with Crippen LogP contribution < -0.4 is 42.5 Å². The molecule has 736 valence electrons. The third-order valence-corrected chi connectivity index (χ3v) is 30.6. The van der Waals surface area contributed by atoms with Crippen LogP contribution in [0.1, 0.15) is 216 Å². The number of aromatic nitrogens is 2. The van der Waals surface area contributed by atoms with Crippen LogP contribution in [0.2, 0.25) is 5.02 Å². The van der Waals surface area contributed by atoms with E-state index in [4.69, 9.17) is 11.6 Å². The lowest BCUT2D eigenvalue weighted by Gasteiger charge is -2.39. The molecule has 4 aliphatic heterocycles. The molecule has 8 N–H and O–H groups in total. The average molecular weight is 1920 g/mol. The van der Waals surface area contributed by atoms with Crippen LogP contribution in [0.3, 0.4) is 0 Å². The van der Waals surface area contributed by atoms with Crippen molar-refractivity contribution in [2.24, 2.45) is 47.3 Å². The van der Waals surface area contributed by atoms with E-state index in [9.17, 15) is 50.3 Å². The van der Waals surface area contributed by atoms with Crippen LogP contribution >= 0.6 is 34.3 Å². The van der Waals surface area contributed by atoms with Gasteiger partial charge in [0, 0.05) is 105 Å². The zero-order valence-corrected chi connectivity index (χ0v) is 80.3. The third kappa shape index (κ3) is 31.5. The van der Waals surface area contributed by atoms with Gasteiger partial charge in [-0.2, -0.15) is 0 Å². The highest BCUT2D eigenvalue weighted by Crippen LogP contribution is 2.37. The molecule has 4 aliphatic carbocycles. The van der Waals surface area contributed by atoms with E-state index in [1.165, 1.54) is 171 Å². The summed E-state index contributed by atoms with van der Waals surface area (Å²) in [6.45, 7) is 17.7. The van der Waals surface area contributed by atoms with Crippen molar-refractivity contribution in [2.45, 2.75) is 225 Å². The first-order valence-corrected chi connectivity index (χ1v) is 51.2. The van der Waals surface area contributed by atoms with Gasteiger partial charge in [0.15, 0.2) is 16.0 Å². The van der Waals surface area contributed by atoms with E-state index in [1.54, 1.807) is 42.5 Å². The van der Waals surface area contributed by atoms with E-state index in [2.05, 4.69) is 72.1 Å². The molecule has 0 unspecified atom stereocenters. The maximum absolute atomic E-state index is 13.8. The lowest BCUT2D eigenvalue weighted by Crippen LogP contribution is -2.49. The number of anilines is 4. The van der Waals surface area contributed by atoms with Crippen molar-refractivity contribution in [3.05, 3.63) is 236 Å². The first-order valence-electron chi connectivity index (χ1n) is 49.1. The summed E-state index contributed by atoms with van der Waals surface area (Å²) in [4.78, 5) is 81.4. The number of benzene rings is 7. The van der Waals surface area contributed by atoms with Crippen molar-refractivity contribution in [2.75, 3.05) is 99.8 Å². The number of fused-ring (bicyclic) bond motifs is 1. The number of nitrogens with zero attached hydrogens (tertiary/aromatic N) is 6. The van der Waals surface area contributed by atoms with E-state index >= 15 is 0 Å². The van der Waals surface area contributed by atoms with Crippen LogP contribution in [0.15, 0.2) is 157 Å². The molecule has 12 atom stereocenters. The third-order valence-electron chi connectivity index (χ3n) is 28.5.